The van der Waals surface area contributed by atoms with E-state index in [1.807, 2.05) is 12.1 Å². The monoisotopic (exact) mass is 383 g/mol. The largest absolute Gasteiger partial charge is 0.296 e. The molecule has 0 spiro atoms. The van der Waals surface area contributed by atoms with Crippen LogP contribution in [0.1, 0.15) is 10.4 Å². The van der Waals surface area contributed by atoms with Gasteiger partial charge >= 0.3 is 0 Å². The number of aromatic nitrogens is 2. The van der Waals surface area contributed by atoms with Crippen molar-refractivity contribution >= 4 is 57.2 Å². The highest BCUT2D eigenvalue weighted by atomic mass is 35.5. The Morgan fingerprint density at radius 3 is 2.35 bits per heavy atom. The van der Waals surface area contributed by atoms with Crippen molar-refractivity contribution in [1.82, 2.24) is 10.2 Å². The third kappa shape index (κ3) is 3.82. The van der Waals surface area contributed by atoms with Crippen molar-refractivity contribution in [2.45, 2.75) is 0 Å². The smallest absolute Gasteiger partial charge is 0.259 e. The number of hydrogen-bond donors (Lipinski definition) is 1. The zero-order valence-electron chi connectivity index (χ0n) is 11.4. The molecule has 0 aliphatic carbocycles. The first-order valence-corrected chi connectivity index (χ1v) is 8.34. The van der Waals surface area contributed by atoms with Crippen LogP contribution < -0.4 is 5.32 Å². The Hall–Kier alpha value is -1.66. The number of hydrogen-bond acceptors (Lipinski definition) is 4. The van der Waals surface area contributed by atoms with E-state index >= 15 is 0 Å². The van der Waals surface area contributed by atoms with Crippen LogP contribution in [0, 0.1) is 0 Å². The summed E-state index contributed by atoms with van der Waals surface area (Å²) in [5.41, 5.74) is 1.19. The molecule has 1 amide bonds. The lowest BCUT2D eigenvalue weighted by molar-refractivity contribution is 0.102. The van der Waals surface area contributed by atoms with Gasteiger partial charge < -0.3 is 0 Å². The Bertz CT molecular complexity index is 865. The van der Waals surface area contributed by atoms with Crippen LogP contribution in [0.25, 0.3) is 10.6 Å². The summed E-state index contributed by atoms with van der Waals surface area (Å²) in [5, 5.41) is 13.1. The van der Waals surface area contributed by atoms with Crippen molar-refractivity contribution in [1.29, 1.82) is 0 Å². The first kappa shape index (κ1) is 16.2. The second-order valence-electron chi connectivity index (χ2n) is 4.50. The maximum absolute atomic E-state index is 12.2. The molecule has 0 aliphatic rings. The van der Waals surface area contributed by atoms with Crippen LogP contribution in [0.2, 0.25) is 15.1 Å². The minimum absolute atomic E-state index is 0.275. The van der Waals surface area contributed by atoms with Crippen molar-refractivity contribution in [3.8, 4) is 10.6 Å². The number of nitrogens with one attached hydrogen (secondary N) is 1. The average molecular weight is 385 g/mol. The number of anilines is 1. The van der Waals surface area contributed by atoms with E-state index in [0.717, 1.165) is 5.56 Å². The minimum atomic E-state index is -0.370. The normalized spacial score (nSPS) is 10.6. The number of amides is 1. The fourth-order valence-corrected chi connectivity index (χ4v) is 3.19. The predicted octanol–water partition coefficient (Wildman–Crippen LogP) is 5.42. The number of halogens is 3. The fourth-order valence-electron chi connectivity index (χ4n) is 1.82. The lowest BCUT2D eigenvalue weighted by Crippen LogP contribution is -2.12. The van der Waals surface area contributed by atoms with Crippen LogP contribution in [-0.4, -0.2) is 16.1 Å². The number of benzene rings is 2. The first-order chi connectivity index (χ1) is 11.0. The van der Waals surface area contributed by atoms with Crippen molar-refractivity contribution in [2.75, 3.05) is 5.32 Å². The molecule has 1 heterocycles. The number of nitrogens with zero attached hydrogens (tertiary/aromatic N) is 2. The zero-order chi connectivity index (χ0) is 16.4. The van der Waals surface area contributed by atoms with E-state index < -0.39 is 0 Å². The van der Waals surface area contributed by atoms with Gasteiger partial charge in [-0.2, -0.15) is 0 Å². The second kappa shape index (κ2) is 6.84. The van der Waals surface area contributed by atoms with Gasteiger partial charge in [-0.25, -0.2) is 0 Å². The lowest BCUT2D eigenvalue weighted by atomic mass is 10.2. The molecule has 0 unspecified atom stereocenters. The molecule has 1 aromatic heterocycles. The summed E-state index contributed by atoms with van der Waals surface area (Å²) in [4.78, 5) is 12.2. The molecule has 3 aromatic rings. The highest BCUT2D eigenvalue weighted by Gasteiger charge is 2.14. The van der Waals surface area contributed by atoms with Crippen molar-refractivity contribution in [2.24, 2.45) is 0 Å². The third-order valence-corrected chi connectivity index (χ3v) is 4.60. The summed E-state index contributed by atoms with van der Waals surface area (Å²) in [6, 6.07) is 11.9. The van der Waals surface area contributed by atoms with Gasteiger partial charge in [0.15, 0.2) is 0 Å². The van der Waals surface area contributed by atoms with Gasteiger partial charge in [-0.15, -0.1) is 10.2 Å². The molecule has 1 N–H and O–H groups in total. The number of carbonyl (C=O) groups excluding carboxylic acids is 1. The molecule has 0 aliphatic heterocycles. The molecule has 8 heteroatoms. The minimum Gasteiger partial charge on any atom is -0.296 e. The van der Waals surface area contributed by atoms with E-state index in [1.165, 1.54) is 17.4 Å². The Morgan fingerprint density at radius 2 is 1.65 bits per heavy atom. The topological polar surface area (TPSA) is 54.9 Å². The molecule has 0 radical (unpaired) electrons. The van der Waals surface area contributed by atoms with Gasteiger partial charge in [0.05, 0.1) is 10.6 Å². The zero-order valence-corrected chi connectivity index (χ0v) is 14.5. The fraction of sp³-hybridized carbons (Fsp3) is 0. The standard InChI is InChI=1S/C15H8Cl3N3OS/c16-9-3-1-8(2-4-9)14-20-21-15(23-14)19-13(22)11-6-5-10(17)7-12(11)18/h1-7H,(H,19,21,22). The molecule has 0 saturated heterocycles. The van der Waals surface area contributed by atoms with Gasteiger partial charge in [-0.1, -0.05) is 58.3 Å². The van der Waals surface area contributed by atoms with Gasteiger partial charge in [0, 0.05) is 15.6 Å². The first-order valence-electron chi connectivity index (χ1n) is 6.39. The molecular formula is C15H8Cl3N3OS. The molecule has 3 rings (SSSR count). The summed E-state index contributed by atoms with van der Waals surface area (Å²) in [5.74, 6) is -0.370. The molecule has 23 heavy (non-hydrogen) atoms. The van der Waals surface area contributed by atoms with Crippen molar-refractivity contribution in [3.63, 3.8) is 0 Å². The van der Waals surface area contributed by atoms with Crippen LogP contribution >= 0.6 is 46.1 Å². The van der Waals surface area contributed by atoms with Crippen LogP contribution in [0.4, 0.5) is 5.13 Å². The van der Waals surface area contributed by atoms with Gasteiger partial charge in [0.2, 0.25) is 5.13 Å². The Balaban J connectivity index is 1.78. The molecular weight excluding hydrogens is 377 g/mol. The summed E-state index contributed by atoms with van der Waals surface area (Å²) in [6.45, 7) is 0. The summed E-state index contributed by atoms with van der Waals surface area (Å²) in [6.07, 6.45) is 0. The maximum Gasteiger partial charge on any atom is 0.259 e. The average Bonchev–Trinajstić information content (AvgIpc) is 2.96. The molecule has 0 fully saturated rings. The van der Waals surface area contributed by atoms with Crippen molar-refractivity contribution < 1.29 is 4.79 Å². The van der Waals surface area contributed by atoms with Crippen molar-refractivity contribution in [3.05, 3.63) is 63.1 Å². The Kier molecular flexibility index (Phi) is 4.82. The predicted molar refractivity (Wildman–Crippen MR) is 94.8 cm³/mol. The van der Waals surface area contributed by atoms with Gasteiger partial charge in [-0.3, -0.25) is 10.1 Å². The summed E-state index contributed by atoms with van der Waals surface area (Å²) < 4.78 is 0. The van der Waals surface area contributed by atoms with Crippen LogP contribution in [0.3, 0.4) is 0 Å². The Morgan fingerprint density at radius 1 is 0.957 bits per heavy atom. The lowest BCUT2D eigenvalue weighted by Gasteiger charge is -2.03. The van der Waals surface area contributed by atoms with E-state index in [-0.39, 0.29) is 10.9 Å². The van der Waals surface area contributed by atoms with E-state index in [9.17, 15) is 4.79 Å². The molecule has 2 aromatic carbocycles. The van der Waals surface area contributed by atoms with Gasteiger partial charge in [0.25, 0.3) is 5.91 Å². The Labute approximate surface area is 151 Å². The maximum atomic E-state index is 12.2. The van der Waals surface area contributed by atoms with E-state index in [1.54, 1.807) is 24.3 Å². The molecule has 0 atom stereocenters. The third-order valence-electron chi connectivity index (χ3n) is 2.91. The SMILES string of the molecule is O=C(Nc1nnc(-c2ccc(Cl)cc2)s1)c1ccc(Cl)cc1Cl. The highest BCUT2D eigenvalue weighted by molar-refractivity contribution is 7.18. The number of carbonyl (C=O) groups is 1. The molecule has 0 saturated carbocycles. The molecule has 4 nitrogen and oxygen atoms in total. The highest BCUT2D eigenvalue weighted by Crippen LogP contribution is 2.28. The second-order valence-corrected chi connectivity index (χ2v) is 6.76. The quantitative estimate of drug-likeness (QED) is 0.656. The summed E-state index contributed by atoms with van der Waals surface area (Å²) in [7, 11) is 0. The van der Waals surface area contributed by atoms with Gasteiger partial charge in [-0.05, 0) is 30.3 Å². The molecule has 116 valence electrons. The van der Waals surface area contributed by atoms with Crippen LogP contribution in [0.5, 0.6) is 0 Å². The van der Waals surface area contributed by atoms with Gasteiger partial charge in [0.1, 0.15) is 5.01 Å². The van der Waals surface area contributed by atoms with Crippen LogP contribution in [-0.2, 0) is 0 Å². The molecule has 0 bridgehead atoms. The van der Waals surface area contributed by atoms with E-state index in [4.69, 9.17) is 34.8 Å². The van der Waals surface area contributed by atoms with E-state index in [2.05, 4.69) is 15.5 Å². The van der Waals surface area contributed by atoms with E-state index in [0.29, 0.717) is 25.7 Å². The number of rotatable bonds is 3. The summed E-state index contributed by atoms with van der Waals surface area (Å²) >= 11 is 18.9. The van der Waals surface area contributed by atoms with Crippen LogP contribution in [0.15, 0.2) is 42.5 Å².